The monoisotopic (exact) mass is 248 g/mol. The first kappa shape index (κ1) is 12.8. The molecule has 0 aromatic carbocycles. The average Bonchev–Trinajstić information content (AvgIpc) is 2.91. The summed E-state index contributed by atoms with van der Waals surface area (Å²) < 4.78 is 0. The zero-order valence-electron chi connectivity index (χ0n) is 10.6. The van der Waals surface area contributed by atoms with E-state index in [1.165, 1.54) is 12.8 Å². The summed E-state index contributed by atoms with van der Waals surface area (Å²) in [7, 11) is 0. The lowest BCUT2D eigenvalue weighted by molar-refractivity contribution is -0.116. The van der Waals surface area contributed by atoms with Crippen LogP contribution in [-0.4, -0.2) is 30.5 Å². The summed E-state index contributed by atoms with van der Waals surface area (Å²) in [5.74, 6) is 0.989. The molecule has 0 spiro atoms. The molecule has 1 aliphatic rings. The van der Waals surface area contributed by atoms with Crippen LogP contribution in [0.1, 0.15) is 25.7 Å². The number of aromatic nitrogens is 1. The summed E-state index contributed by atoms with van der Waals surface area (Å²) in [5, 5.41) is 2.82. The van der Waals surface area contributed by atoms with E-state index in [-0.39, 0.29) is 5.91 Å². The second-order valence-corrected chi connectivity index (χ2v) is 4.54. The number of hydrogen-bond acceptors (Lipinski definition) is 4. The van der Waals surface area contributed by atoms with E-state index in [0.717, 1.165) is 24.6 Å². The minimum atomic E-state index is -0.00354. The van der Waals surface area contributed by atoms with Crippen LogP contribution in [-0.2, 0) is 4.79 Å². The van der Waals surface area contributed by atoms with Crippen molar-refractivity contribution in [3.05, 3.63) is 18.3 Å². The van der Waals surface area contributed by atoms with Gasteiger partial charge in [0.1, 0.15) is 5.82 Å². The lowest BCUT2D eigenvalue weighted by Gasteiger charge is -2.16. The molecule has 1 aromatic rings. The van der Waals surface area contributed by atoms with Crippen LogP contribution in [0.3, 0.4) is 0 Å². The van der Waals surface area contributed by atoms with Gasteiger partial charge in [-0.3, -0.25) is 4.79 Å². The maximum Gasteiger partial charge on any atom is 0.224 e. The van der Waals surface area contributed by atoms with Crippen molar-refractivity contribution < 1.29 is 4.79 Å². The fourth-order valence-electron chi connectivity index (χ4n) is 2.08. The van der Waals surface area contributed by atoms with Crippen molar-refractivity contribution in [1.29, 1.82) is 0 Å². The Balaban J connectivity index is 1.88. The molecular weight excluding hydrogens is 228 g/mol. The smallest absolute Gasteiger partial charge is 0.224 e. The number of pyridine rings is 1. The van der Waals surface area contributed by atoms with Gasteiger partial charge in [0.25, 0.3) is 0 Å². The van der Waals surface area contributed by atoms with E-state index >= 15 is 0 Å². The minimum Gasteiger partial charge on any atom is -0.357 e. The average molecular weight is 248 g/mol. The largest absolute Gasteiger partial charge is 0.357 e. The molecular formula is C13H20N4O. The molecule has 3 N–H and O–H groups in total. The van der Waals surface area contributed by atoms with Crippen molar-refractivity contribution in [3.63, 3.8) is 0 Å². The molecule has 2 rings (SSSR count). The molecule has 0 aliphatic carbocycles. The Hall–Kier alpha value is -1.62. The van der Waals surface area contributed by atoms with Crippen LogP contribution >= 0.6 is 0 Å². The fraction of sp³-hybridized carbons (Fsp3) is 0.538. The summed E-state index contributed by atoms with van der Waals surface area (Å²) >= 11 is 0. The molecule has 5 nitrogen and oxygen atoms in total. The normalized spacial score (nSPS) is 14.8. The number of carbonyl (C=O) groups is 1. The van der Waals surface area contributed by atoms with Gasteiger partial charge >= 0.3 is 0 Å². The Bertz CT molecular complexity index is 384. The van der Waals surface area contributed by atoms with Crippen molar-refractivity contribution in [1.82, 2.24) is 4.98 Å². The van der Waals surface area contributed by atoms with Gasteiger partial charge in [-0.2, -0.15) is 0 Å². The fourth-order valence-corrected chi connectivity index (χ4v) is 2.08. The maximum absolute atomic E-state index is 11.5. The lowest BCUT2D eigenvalue weighted by Crippen LogP contribution is -2.19. The van der Waals surface area contributed by atoms with Crippen LogP contribution in [0.5, 0.6) is 0 Å². The molecule has 18 heavy (non-hydrogen) atoms. The molecule has 0 radical (unpaired) electrons. The Kier molecular flexibility index (Phi) is 4.52. The molecule has 1 aromatic heterocycles. The first-order chi connectivity index (χ1) is 8.79. The number of nitrogens with two attached hydrogens (primary N) is 1. The molecule has 0 saturated carbocycles. The second kappa shape index (κ2) is 6.35. The van der Waals surface area contributed by atoms with Crippen LogP contribution in [0.2, 0.25) is 0 Å². The SMILES string of the molecule is NCCCC(=O)Nc1ccc(N2CCCC2)nc1. The molecule has 0 unspecified atom stereocenters. The molecule has 1 aliphatic heterocycles. The summed E-state index contributed by atoms with van der Waals surface area (Å²) in [4.78, 5) is 18.2. The number of nitrogens with one attached hydrogen (secondary N) is 1. The van der Waals surface area contributed by atoms with Gasteiger partial charge < -0.3 is 16.0 Å². The zero-order valence-corrected chi connectivity index (χ0v) is 10.6. The number of anilines is 2. The van der Waals surface area contributed by atoms with Crippen molar-refractivity contribution in [2.45, 2.75) is 25.7 Å². The first-order valence-corrected chi connectivity index (χ1v) is 6.50. The Morgan fingerprint density at radius 2 is 2.17 bits per heavy atom. The molecule has 1 fully saturated rings. The summed E-state index contributed by atoms with van der Waals surface area (Å²) in [5.41, 5.74) is 6.11. The van der Waals surface area contributed by atoms with E-state index in [1.807, 2.05) is 12.1 Å². The number of carbonyl (C=O) groups excluding carboxylic acids is 1. The van der Waals surface area contributed by atoms with Gasteiger partial charge in [0.2, 0.25) is 5.91 Å². The predicted molar refractivity (Wildman–Crippen MR) is 72.6 cm³/mol. The van der Waals surface area contributed by atoms with E-state index < -0.39 is 0 Å². The summed E-state index contributed by atoms with van der Waals surface area (Å²) in [6, 6.07) is 3.87. The number of amides is 1. The Morgan fingerprint density at radius 3 is 2.78 bits per heavy atom. The van der Waals surface area contributed by atoms with Gasteiger partial charge in [0, 0.05) is 19.5 Å². The van der Waals surface area contributed by atoms with Crippen molar-refractivity contribution in [2.24, 2.45) is 5.73 Å². The van der Waals surface area contributed by atoms with Crippen LogP contribution < -0.4 is 16.0 Å². The highest BCUT2D eigenvalue weighted by atomic mass is 16.1. The van der Waals surface area contributed by atoms with Crippen LogP contribution in [0, 0.1) is 0 Å². The minimum absolute atomic E-state index is 0.00354. The topological polar surface area (TPSA) is 71.2 Å². The Labute approximate surface area is 107 Å². The highest BCUT2D eigenvalue weighted by Crippen LogP contribution is 2.19. The van der Waals surface area contributed by atoms with Crippen molar-refractivity contribution in [3.8, 4) is 0 Å². The van der Waals surface area contributed by atoms with E-state index in [4.69, 9.17) is 5.73 Å². The van der Waals surface area contributed by atoms with Crippen molar-refractivity contribution in [2.75, 3.05) is 29.9 Å². The van der Waals surface area contributed by atoms with Crippen LogP contribution in [0.15, 0.2) is 18.3 Å². The van der Waals surface area contributed by atoms with Gasteiger partial charge in [-0.05, 0) is 37.9 Å². The highest BCUT2D eigenvalue weighted by molar-refractivity contribution is 5.90. The van der Waals surface area contributed by atoms with Crippen LogP contribution in [0.4, 0.5) is 11.5 Å². The Morgan fingerprint density at radius 1 is 1.39 bits per heavy atom. The van der Waals surface area contributed by atoms with Crippen molar-refractivity contribution >= 4 is 17.4 Å². The van der Waals surface area contributed by atoms with E-state index in [9.17, 15) is 4.79 Å². The quantitative estimate of drug-likeness (QED) is 0.825. The van der Waals surface area contributed by atoms with Gasteiger partial charge in [-0.15, -0.1) is 0 Å². The second-order valence-electron chi connectivity index (χ2n) is 4.54. The molecule has 1 amide bonds. The van der Waals surface area contributed by atoms with Gasteiger partial charge in [-0.1, -0.05) is 0 Å². The number of hydrogen-bond donors (Lipinski definition) is 2. The molecule has 1 saturated heterocycles. The summed E-state index contributed by atoms with van der Waals surface area (Å²) in [6.07, 6.45) is 5.36. The lowest BCUT2D eigenvalue weighted by atomic mass is 10.3. The predicted octanol–water partition coefficient (Wildman–Crippen LogP) is 1.36. The van der Waals surface area contributed by atoms with Gasteiger partial charge in [0.05, 0.1) is 11.9 Å². The third-order valence-corrected chi connectivity index (χ3v) is 3.07. The first-order valence-electron chi connectivity index (χ1n) is 6.50. The maximum atomic E-state index is 11.5. The molecule has 0 atom stereocenters. The van der Waals surface area contributed by atoms with E-state index in [0.29, 0.717) is 19.4 Å². The highest BCUT2D eigenvalue weighted by Gasteiger charge is 2.13. The third-order valence-electron chi connectivity index (χ3n) is 3.07. The number of rotatable bonds is 5. The standard InChI is InChI=1S/C13H20N4O/c14-7-3-4-13(18)16-11-5-6-12(15-10-11)17-8-1-2-9-17/h5-6,10H,1-4,7-9,14H2,(H,16,18). The number of nitrogens with zero attached hydrogens (tertiary/aromatic N) is 2. The molecule has 2 heterocycles. The zero-order chi connectivity index (χ0) is 12.8. The molecule has 0 bridgehead atoms. The van der Waals surface area contributed by atoms with E-state index in [2.05, 4.69) is 15.2 Å². The third kappa shape index (κ3) is 3.43. The van der Waals surface area contributed by atoms with Gasteiger partial charge in [0.15, 0.2) is 0 Å². The van der Waals surface area contributed by atoms with Gasteiger partial charge in [-0.25, -0.2) is 4.98 Å². The molecule has 5 heteroatoms. The van der Waals surface area contributed by atoms with Crippen LogP contribution in [0.25, 0.3) is 0 Å². The molecule has 98 valence electrons. The van der Waals surface area contributed by atoms with E-state index in [1.54, 1.807) is 6.20 Å². The summed E-state index contributed by atoms with van der Waals surface area (Å²) in [6.45, 7) is 2.70.